The fraction of sp³-hybridized carbons (Fsp3) is 0.667. The molecule has 0 fully saturated rings. The van der Waals surface area contributed by atoms with Crippen LogP contribution in [0.15, 0.2) is 6.33 Å². The van der Waals surface area contributed by atoms with Crippen molar-refractivity contribution in [2.75, 3.05) is 17.7 Å². The van der Waals surface area contributed by atoms with Gasteiger partial charge >= 0.3 is 0 Å². The van der Waals surface area contributed by atoms with Crippen molar-refractivity contribution >= 4 is 17.4 Å². The molecular weight excluding hydrogens is 222 g/mol. The monoisotopic (exact) mass is 239 g/mol. The van der Waals surface area contributed by atoms with E-state index in [1.165, 1.54) is 30.5 Å². The van der Waals surface area contributed by atoms with E-state index in [0.29, 0.717) is 5.88 Å². The first-order chi connectivity index (χ1) is 7.92. The molecule has 0 amide bonds. The van der Waals surface area contributed by atoms with Crippen LogP contribution in [0.3, 0.4) is 0 Å². The Bertz CT molecular complexity index is 341. The molecule has 0 saturated heterocycles. The van der Waals surface area contributed by atoms with Crippen molar-refractivity contribution in [3.63, 3.8) is 0 Å². The maximum Gasteiger partial charge on any atom is 0.132 e. The number of aromatic nitrogens is 2. The average molecular weight is 240 g/mol. The Kier molecular flexibility index (Phi) is 4.40. The molecule has 3 nitrogen and oxygen atoms in total. The molecule has 88 valence electrons. The molecule has 1 N–H and O–H groups in total. The lowest BCUT2D eigenvalue weighted by atomic mass is 10.1. The molecular formula is C12H18ClN3. The molecule has 2 rings (SSSR count). The average Bonchev–Trinajstić information content (AvgIpc) is 2.55. The minimum atomic E-state index is 0.695. The van der Waals surface area contributed by atoms with Gasteiger partial charge in [0, 0.05) is 23.7 Å². The molecule has 16 heavy (non-hydrogen) atoms. The van der Waals surface area contributed by atoms with Gasteiger partial charge in [-0.2, -0.15) is 0 Å². The third-order valence-corrected chi connectivity index (χ3v) is 3.25. The van der Waals surface area contributed by atoms with Crippen molar-refractivity contribution in [3.8, 4) is 0 Å². The summed E-state index contributed by atoms with van der Waals surface area (Å²) in [5, 5.41) is 3.37. The first-order valence-electron chi connectivity index (χ1n) is 6.04. The molecule has 1 aliphatic rings. The van der Waals surface area contributed by atoms with E-state index in [9.17, 15) is 0 Å². The molecule has 0 unspecified atom stereocenters. The van der Waals surface area contributed by atoms with Gasteiger partial charge in [0.25, 0.3) is 0 Å². The number of hydrogen-bond donors (Lipinski definition) is 1. The number of nitrogens with one attached hydrogen (secondary N) is 1. The second kappa shape index (κ2) is 6.04. The Balaban J connectivity index is 2.11. The summed E-state index contributed by atoms with van der Waals surface area (Å²) in [5.41, 5.74) is 2.57. The number of hydrogen-bond acceptors (Lipinski definition) is 3. The quantitative estimate of drug-likeness (QED) is 0.499. The van der Waals surface area contributed by atoms with E-state index in [1.54, 1.807) is 6.33 Å². The van der Waals surface area contributed by atoms with E-state index in [-0.39, 0.29) is 0 Å². The van der Waals surface area contributed by atoms with E-state index in [4.69, 9.17) is 11.6 Å². The zero-order valence-electron chi connectivity index (χ0n) is 9.51. The second-order valence-corrected chi connectivity index (χ2v) is 4.56. The fourth-order valence-electron chi connectivity index (χ4n) is 2.12. The van der Waals surface area contributed by atoms with Crippen molar-refractivity contribution < 1.29 is 0 Å². The SMILES string of the molecule is ClCCCNc1ncnc2c1CCCCC2. The normalized spacial score (nSPS) is 15.3. The molecule has 0 aromatic carbocycles. The van der Waals surface area contributed by atoms with E-state index in [2.05, 4.69) is 15.3 Å². The number of halogens is 1. The minimum Gasteiger partial charge on any atom is -0.370 e. The zero-order chi connectivity index (χ0) is 11.2. The van der Waals surface area contributed by atoms with Crippen molar-refractivity contribution in [2.24, 2.45) is 0 Å². The van der Waals surface area contributed by atoms with Gasteiger partial charge in [-0.05, 0) is 32.1 Å². The third-order valence-electron chi connectivity index (χ3n) is 2.98. The molecule has 1 aliphatic carbocycles. The van der Waals surface area contributed by atoms with Gasteiger partial charge in [0.2, 0.25) is 0 Å². The molecule has 0 bridgehead atoms. The molecule has 0 spiro atoms. The van der Waals surface area contributed by atoms with Crippen LogP contribution in [0.1, 0.15) is 36.9 Å². The fourth-order valence-corrected chi connectivity index (χ4v) is 2.26. The topological polar surface area (TPSA) is 37.8 Å². The highest BCUT2D eigenvalue weighted by atomic mass is 35.5. The van der Waals surface area contributed by atoms with Crippen LogP contribution in [0.4, 0.5) is 5.82 Å². The summed E-state index contributed by atoms with van der Waals surface area (Å²) in [6.07, 6.45) is 8.67. The first-order valence-corrected chi connectivity index (χ1v) is 6.58. The highest BCUT2D eigenvalue weighted by Crippen LogP contribution is 2.23. The van der Waals surface area contributed by atoms with Gasteiger partial charge in [-0.3, -0.25) is 0 Å². The molecule has 0 radical (unpaired) electrons. The largest absolute Gasteiger partial charge is 0.370 e. The Morgan fingerprint density at radius 3 is 2.94 bits per heavy atom. The van der Waals surface area contributed by atoms with Crippen LogP contribution >= 0.6 is 11.6 Å². The molecule has 1 heterocycles. The number of alkyl halides is 1. The lowest BCUT2D eigenvalue weighted by Crippen LogP contribution is -2.09. The Morgan fingerprint density at radius 1 is 1.19 bits per heavy atom. The standard InChI is InChI=1S/C12H18ClN3/c13-7-4-8-14-12-10-5-2-1-3-6-11(10)15-9-16-12/h9H,1-8H2,(H,14,15,16). The predicted octanol–water partition coefficient (Wildman–Crippen LogP) is 2.79. The van der Waals surface area contributed by atoms with Crippen LogP contribution in [0, 0.1) is 0 Å². The van der Waals surface area contributed by atoms with Gasteiger partial charge in [0.1, 0.15) is 12.1 Å². The Labute approximate surface area is 102 Å². The summed E-state index contributed by atoms with van der Waals surface area (Å²) in [5.74, 6) is 1.72. The van der Waals surface area contributed by atoms with E-state index < -0.39 is 0 Å². The second-order valence-electron chi connectivity index (χ2n) is 4.18. The predicted molar refractivity (Wildman–Crippen MR) is 67.1 cm³/mol. The summed E-state index contributed by atoms with van der Waals surface area (Å²) in [6, 6.07) is 0. The van der Waals surface area contributed by atoms with Crippen molar-refractivity contribution in [2.45, 2.75) is 38.5 Å². The number of rotatable bonds is 4. The summed E-state index contributed by atoms with van der Waals surface area (Å²) >= 11 is 5.66. The summed E-state index contributed by atoms with van der Waals surface area (Å²) in [6.45, 7) is 0.896. The van der Waals surface area contributed by atoms with Crippen LogP contribution in [0.25, 0.3) is 0 Å². The van der Waals surface area contributed by atoms with Crippen LogP contribution in [0.2, 0.25) is 0 Å². The first kappa shape index (κ1) is 11.6. The number of nitrogens with zero attached hydrogens (tertiary/aromatic N) is 2. The Morgan fingerprint density at radius 2 is 2.06 bits per heavy atom. The van der Waals surface area contributed by atoms with Crippen molar-refractivity contribution in [1.82, 2.24) is 9.97 Å². The van der Waals surface area contributed by atoms with Gasteiger partial charge in [-0.15, -0.1) is 11.6 Å². The molecule has 0 atom stereocenters. The van der Waals surface area contributed by atoms with Gasteiger partial charge in [0.05, 0.1) is 0 Å². The number of fused-ring (bicyclic) bond motifs is 1. The van der Waals surface area contributed by atoms with Gasteiger partial charge in [-0.1, -0.05) is 6.42 Å². The van der Waals surface area contributed by atoms with Crippen molar-refractivity contribution in [1.29, 1.82) is 0 Å². The van der Waals surface area contributed by atoms with Gasteiger partial charge in [-0.25, -0.2) is 9.97 Å². The third kappa shape index (κ3) is 2.85. The lowest BCUT2D eigenvalue weighted by molar-refractivity contribution is 0.708. The molecule has 0 aliphatic heterocycles. The van der Waals surface area contributed by atoms with Gasteiger partial charge < -0.3 is 5.32 Å². The van der Waals surface area contributed by atoms with Crippen LogP contribution in [-0.4, -0.2) is 22.4 Å². The molecule has 1 aromatic heterocycles. The van der Waals surface area contributed by atoms with Crippen LogP contribution in [0.5, 0.6) is 0 Å². The summed E-state index contributed by atoms with van der Waals surface area (Å²) in [4.78, 5) is 8.73. The van der Waals surface area contributed by atoms with Crippen molar-refractivity contribution in [3.05, 3.63) is 17.6 Å². The molecule has 1 aromatic rings. The van der Waals surface area contributed by atoms with E-state index in [0.717, 1.165) is 31.6 Å². The van der Waals surface area contributed by atoms with E-state index in [1.807, 2.05) is 0 Å². The smallest absolute Gasteiger partial charge is 0.132 e. The lowest BCUT2D eigenvalue weighted by Gasteiger charge is -2.11. The summed E-state index contributed by atoms with van der Waals surface area (Å²) in [7, 11) is 0. The van der Waals surface area contributed by atoms with Crippen LogP contribution < -0.4 is 5.32 Å². The molecule has 0 saturated carbocycles. The maximum atomic E-state index is 5.66. The van der Waals surface area contributed by atoms with Crippen LogP contribution in [-0.2, 0) is 12.8 Å². The van der Waals surface area contributed by atoms with E-state index >= 15 is 0 Å². The van der Waals surface area contributed by atoms with Gasteiger partial charge in [0.15, 0.2) is 0 Å². The highest BCUT2D eigenvalue weighted by Gasteiger charge is 2.13. The zero-order valence-corrected chi connectivity index (χ0v) is 10.3. The number of aryl methyl sites for hydroxylation is 1. The Hall–Kier alpha value is -0.830. The number of anilines is 1. The highest BCUT2D eigenvalue weighted by molar-refractivity contribution is 6.17. The minimum absolute atomic E-state index is 0.695. The maximum absolute atomic E-state index is 5.66. The molecule has 4 heteroatoms. The summed E-state index contributed by atoms with van der Waals surface area (Å²) < 4.78 is 0.